The number of para-hydroxylation sites is 1. The minimum absolute atomic E-state index is 0.118. The third kappa shape index (κ3) is 3.74. The van der Waals surface area contributed by atoms with E-state index in [1.54, 1.807) is 4.90 Å². The van der Waals surface area contributed by atoms with Crippen LogP contribution in [-0.2, 0) is 4.74 Å². The summed E-state index contributed by atoms with van der Waals surface area (Å²) in [5, 5.41) is 2.98. The first-order chi connectivity index (χ1) is 11.1. The average Bonchev–Trinajstić information content (AvgIpc) is 3.19. The van der Waals surface area contributed by atoms with Crippen molar-refractivity contribution in [1.82, 2.24) is 4.90 Å². The van der Waals surface area contributed by atoms with Crippen LogP contribution in [0.3, 0.4) is 0 Å². The van der Waals surface area contributed by atoms with E-state index < -0.39 is 0 Å². The summed E-state index contributed by atoms with van der Waals surface area (Å²) >= 11 is 0. The number of carbonyl (C=O) groups excluding carboxylic acids is 1. The molecule has 1 N–H and O–H groups in total. The maximum Gasteiger partial charge on any atom is 0.321 e. The fraction of sp³-hybridized carbons (Fsp3) is 0.389. The number of hydrogen-bond acceptors (Lipinski definition) is 3. The molecule has 3 rings (SSSR count). The Kier molecular flexibility index (Phi) is 4.67. The van der Waals surface area contributed by atoms with E-state index >= 15 is 0 Å². The number of nitrogens with zero attached hydrogens (tertiary/aromatic N) is 1. The lowest BCUT2D eigenvalue weighted by atomic mass is 10.1. The van der Waals surface area contributed by atoms with E-state index in [9.17, 15) is 4.79 Å². The van der Waals surface area contributed by atoms with Crippen molar-refractivity contribution in [2.75, 3.05) is 32.1 Å². The van der Waals surface area contributed by atoms with Crippen LogP contribution in [0.2, 0.25) is 0 Å². The van der Waals surface area contributed by atoms with Gasteiger partial charge in [-0.2, -0.15) is 0 Å². The number of benzene rings is 1. The van der Waals surface area contributed by atoms with E-state index in [4.69, 9.17) is 9.15 Å². The van der Waals surface area contributed by atoms with Gasteiger partial charge in [0.05, 0.1) is 12.3 Å². The largest absolute Gasteiger partial charge is 0.461 e. The van der Waals surface area contributed by atoms with E-state index in [2.05, 4.69) is 5.32 Å². The van der Waals surface area contributed by atoms with E-state index in [1.807, 2.05) is 50.4 Å². The number of aryl methyl sites for hydroxylation is 1. The van der Waals surface area contributed by atoms with Crippen LogP contribution in [0.4, 0.5) is 10.5 Å². The molecular weight excluding hydrogens is 292 g/mol. The normalized spacial score (nSPS) is 17.2. The molecule has 2 heterocycles. The number of hydrogen-bond donors (Lipinski definition) is 1. The highest BCUT2D eigenvalue weighted by Gasteiger charge is 2.20. The number of furan rings is 1. The zero-order valence-corrected chi connectivity index (χ0v) is 13.5. The maximum absolute atomic E-state index is 12.4. The molecule has 23 heavy (non-hydrogen) atoms. The molecule has 0 aliphatic carbocycles. The fourth-order valence-electron chi connectivity index (χ4n) is 2.79. The van der Waals surface area contributed by atoms with Crippen LogP contribution in [0.25, 0.3) is 11.3 Å². The number of rotatable bonds is 4. The Balaban J connectivity index is 1.71. The molecule has 2 amide bonds. The molecule has 0 saturated carbocycles. The number of urea groups is 1. The van der Waals surface area contributed by atoms with Crippen molar-refractivity contribution < 1.29 is 13.9 Å². The zero-order chi connectivity index (χ0) is 16.2. The van der Waals surface area contributed by atoms with Crippen LogP contribution in [0.1, 0.15) is 12.2 Å². The molecule has 1 aliphatic heterocycles. The van der Waals surface area contributed by atoms with Crippen LogP contribution >= 0.6 is 0 Å². The van der Waals surface area contributed by atoms with Crippen molar-refractivity contribution in [3.8, 4) is 11.3 Å². The Bertz CT molecular complexity index is 674. The molecule has 1 saturated heterocycles. The second-order valence-electron chi connectivity index (χ2n) is 6.00. The minimum Gasteiger partial charge on any atom is -0.461 e. The van der Waals surface area contributed by atoms with Crippen molar-refractivity contribution in [2.45, 2.75) is 13.3 Å². The summed E-state index contributed by atoms with van der Waals surface area (Å²) in [5.74, 6) is 2.03. The lowest BCUT2D eigenvalue weighted by Gasteiger charge is -2.21. The third-order valence-electron chi connectivity index (χ3n) is 4.08. The Morgan fingerprint density at radius 2 is 2.13 bits per heavy atom. The molecule has 1 aromatic heterocycles. The smallest absolute Gasteiger partial charge is 0.321 e. The predicted octanol–water partition coefficient (Wildman–Crippen LogP) is 3.76. The van der Waals surface area contributed by atoms with Gasteiger partial charge in [-0.3, -0.25) is 0 Å². The number of anilines is 1. The van der Waals surface area contributed by atoms with Crippen LogP contribution in [0.15, 0.2) is 40.8 Å². The van der Waals surface area contributed by atoms with Gasteiger partial charge in [0.25, 0.3) is 0 Å². The van der Waals surface area contributed by atoms with Crippen molar-refractivity contribution in [1.29, 1.82) is 0 Å². The zero-order valence-electron chi connectivity index (χ0n) is 13.5. The first-order valence-electron chi connectivity index (χ1n) is 7.89. The van der Waals surface area contributed by atoms with E-state index in [1.165, 1.54) is 0 Å². The van der Waals surface area contributed by atoms with Gasteiger partial charge in [-0.05, 0) is 37.6 Å². The highest BCUT2D eigenvalue weighted by molar-refractivity contribution is 5.93. The van der Waals surface area contributed by atoms with Crippen LogP contribution in [-0.4, -0.2) is 37.7 Å². The molecule has 5 heteroatoms. The van der Waals surface area contributed by atoms with Crippen LogP contribution in [0.5, 0.6) is 0 Å². The molecule has 0 spiro atoms. The standard InChI is InChI=1S/C18H22N2O3/c1-13-7-8-17(23-13)15-5-3-4-6-16(15)19-18(21)20(2)11-14-9-10-22-12-14/h3-8,14H,9-12H2,1-2H3,(H,19,21)/t14-/m1/s1. The van der Waals surface area contributed by atoms with Crippen molar-refractivity contribution in [3.05, 3.63) is 42.2 Å². The van der Waals surface area contributed by atoms with Crippen molar-refractivity contribution in [2.24, 2.45) is 5.92 Å². The van der Waals surface area contributed by atoms with Gasteiger partial charge in [0.2, 0.25) is 0 Å². The molecule has 1 fully saturated rings. The molecular formula is C18H22N2O3. The Hall–Kier alpha value is -2.27. The molecule has 1 atom stereocenters. The lowest BCUT2D eigenvalue weighted by Crippen LogP contribution is -2.35. The first kappa shape index (κ1) is 15.6. The van der Waals surface area contributed by atoms with Crippen molar-refractivity contribution in [3.63, 3.8) is 0 Å². The van der Waals surface area contributed by atoms with Crippen LogP contribution < -0.4 is 5.32 Å². The minimum atomic E-state index is -0.118. The molecule has 0 unspecified atom stereocenters. The van der Waals surface area contributed by atoms with Gasteiger partial charge in [0.15, 0.2) is 0 Å². The van der Waals surface area contributed by atoms with Gasteiger partial charge in [-0.1, -0.05) is 12.1 Å². The van der Waals surface area contributed by atoms with E-state index in [0.717, 1.165) is 42.4 Å². The predicted molar refractivity (Wildman–Crippen MR) is 89.5 cm³/mol. The lowest BCUT2D eigenvalue weighted by molar-refractivity contribution is 0.175. The van der Waals surface area contributed by atoms with Gasteiger partial charge in [0.1, 0.15) is 11.5 Å². The summed E-state index contributed by atoms with van der Waals surface area (Å²) in [6.45, 7) is 4.14. The van der Waals surface area contributed by atoms with Gasteiger partial charge < -0.3 is 19.4 Å². The van der Waals surface area contributed by atoms with Crippen molar-refractivity contribution >= 4 is 11.7 Å². The summed E-state index contributed by atoms with van der Waals surface area (Å²) in [6, 6.07) is 11.4. The highest BCUT2D eigenvalue weighted by atomic mass is 16.5. The number of carbonyl (C=O) groups is 1. The van der Waals surface area contributed by atoms with Crippen LogP contribution in [0, 0.1) is 12.8 Å². The molecule has 0 bridgehead atoms. The van der Waals surface area contributed by atoms with Gasteiger partial charge in [0, 0.05) is 31.7 Å². The summed E-state index contributed by atoms with van der Waals surface area (Å²) in [7, 11) is 1.81. The second-order valence-corrected chi connectivity index (χ2v) is 6.00. The number of amides is 2. The quantitative estimate of drug-likeness (QED) is 0.935. The molecule has 5 nitrogen and oxygen atoms in total. The third-order valence-corrected chi connectivity index (χ3v) is 4.08. The number of ether oxygens (including phenoxy) is 1. The Morgan fingerprint density at radius 1 is 1.30 bits per heavy atom. The average molecular weight is 314 g/mol. The Morgan fingerprint density at radius 3 is 2.83 bits per heavy atom. The monoisotopic (exact) mass is 314 g/mol. The molecule has 122 valence electrons. The highest BCUT2D eigenvalue weighted by Crippen LogP contribution is 2.29. The summed E-state index contributed by atoms with van der Waals surface area (Å²) < 4.78 is 11.0. The molecule has 1 aliphatic rings. The Labute approximate surface area is 136 Å². The topological polar surface area (TPSA) is 54.7 Å². The summed E-state index contributed by atoms with van der Waals surface area (Å²) in [5.41, 5.74) is 1.63. The maximum atomic E-state index is 12.4. The van der Waals surface area contributed by atoms with Gasteiger partial charge >= 0.3 is 6.03 Å². The summed E-state index contributed by atoms with van der Waals surface area (Å²) in [6.07, 6.45) is 1.01. The fourth-order valence-corrected chi connectivity index (χ4v) is 2.79. The first-order valence-corrected chi connectivity index (χ1v) is 7.89. The van der Waals surface area contributed by atoms with Gasteiger partial charge in [-0.15, -0.1) is 0 Å². The molecule has 1 aromatic carbocycles. The molecule has 2 aromatic rings. The number of nitrogens with one attached hydrogen (secondary N) is 1. The van der Waals surface area contributed by atoms with Gasteiger partial charge in [-0.25, -0.2) is 4.79 Å². The van der Waals surface area contributed by atoms with E-state index in [-0.39, 0.29) is 6.03 Å². The SMILES string of the molecule is Cc1ccc(-c2ccccc2NC(=O)N(C)C[C@H]2CCOC2)o1. The summed E-state index contributed by atoms with van der Waals surface area (Å²) in [4.78, 5) is 14.1. The second kappa shape index (κ2) is 6.87. The molecule has 0 radical (unpaired) electrons. The van der Waals surface area contributed by atoms with E-state index in [0.29, 0.717) is 12.5 Å².